The van der Waals surface area contributed by atoms with Gasteiger partial charge in [-0.25, -0.2) is 4.39 Å². The summed E-state index contributed by atoms with van der Waals surface area (Å²) >= 11 is 0. The minimum absolute atomic E-state index is 0. The second-order valence-corrected chi connectivity index (χ2v) is 7.38. The van der Waals surface area contributed by atoms with E-state index >= 15 is 0 Å². The predicted octanol–water partition coefficient (Wildman–Crippen LogP) is 3.40. The topological polar surface area (TPSA) is 34.1 Å². The van der Waals surface area contributed by atoms with E-state index in [9.17, 15) is 4.39 Å². The highest BCUT2D eigenvalue weighted by Gasteiger charge is 2.21. The van der Waals surface area contributed by atoms with E-state index in [0.29, 0.717) is 5.69 Å². The number of nitrogens with zero attached hydrogens (tertiary/aromatic N) is 4. The Bertz CT molecular complexity index is 786. The van der Waals surface area contributed by atoms with Gasteiger partial charge >= 0.3 is 0 Å². The summed E-state index contributed by atoms with van der Waals surface area (Å²) in [4.78, 5) is 10.9. The third kappa shape index (κ3) is 6.57. The molecule has 1 saturated heterocycles. The van der Waals surface area contributed by atoms with E-state index in [0.717, 1.165) is 45.2 Å². The molecule has 1 aliphatic heterocycles. The average molecular weight is 511 g/mol. The van der Waals surface area contributed by atoms with Crippen molar-refractivity contribution in [1.82, 2.24) is 15.1 Å². The number of rotatable bonds is 5. The molecule has 1 aliphatic rings. The van der Waals surface area contributed by atoms with Gasteiger partial charge in [0, 0.05) is 46.3 Å². The number of benzene rings is 2. The minimum Gasteiger partial charge on any atom is -0.366 e. The van der Waals surface area contributed by atoms with Crippen molar-refractivity contribution in [1.29, 1.82) is 0 Å². The van der Waals surface area contributed by atoms with Gasteiger partial charge in [-0.3, -0.25) is 4.99 Å². The van der Waals surface area contributed by atoms with Crippen molar-refractivity contribution in [3.63, 3.8) is 0 Å². The van der Waals surface area contributed by atoms with Crippen LogP contribution in [0.2, 0.25) is 0 Å². The Kier molecular flexibility index (Phi) is 9.16. The van der Waals surface area contributed by atoms with Gasteiger partial charge in [0.2, 0.25) is 0 Å². The molecule has 1 N–H and O–H groups in total. The van der Waals surface area contributed by atoms with Crippen LogP contribution in [-0.2, 0) is 13.1 Å². The molecule has 0 radical (unpaired) electrons. The lowest BCUT2D eigenvalue weighted by atomic mass is 10.1. The highest BCUT2D eigenvalue weighted by atomic mass is 127. The lowest BCUT2D eigenvalue weighted by Crippen LogP contribution is -2.52. The van der Waals surface area contributed by atoms with Gasteiger partial charge < -0.3 is 20.0 Å². The summed E-state index contributed by atoms with van der Waals surface area (Å²) in [5, 5.41) is 3.45. The van der Waals surface area contributed by atoms with Crippen LogP contribution in [0.5, 0.6) is 0 Å². The summed E-state index contributed by atoms with van der Waals surface area (Å²) in [6, 6.07) is 15.7. The molecule has 29 heavy (non-hydrogen) atoms. The lowest BCUT2D eigenvalue weighted by Gasteiger charge is -2.37. The third-order valence-corrected chi connectivity index (χ3v) is 4.96. The molecule has 158 valence electrons. The van der Waals surface area contributed by atoms with Gasteiger partial charge in [-0.1, -0.05) is 36.4 Å². The number of guanidine groups is 1. The number of para-hydroxylation sites is 1. The molecule has 0 aromatic heterocycles. The first-order chi connectivity index (χ1) is 13.6. The second-order valence-electron chi connectivity index (χ2n) is 7.38. The van der Waals surface area contributed by atoms with Crippen molar-refractivity contribution in [2.24, 2.45) is 4.99 Å². The highest BCUT2D eigenvalue weighted by Crippen LogP contribution is 2.20. The van der Waals surface area contributed by atoms with Crippen LogP contribution in [0.15, 0.2) is 53.5 Å². The van der Waals surface area contributed by atoms with E-state index in [4.69, 9.17) is 0 Å². The van der Waals surface area contributed by atoms with Gasteiger partial charge in [-0.05, 0) is 37.4 Å². The molecule has 0 unspecified atom stereocenters. The first kappa shape index (κ1) is 23.4. The zero-order valence-corrected chi connectivity index (χ0v) is 19.8. The van der Waals surface area contributed by atoms with Crippen molar-refractivity contribution < 1.29 is 4.39 Å². The molecule has 5 nitrogen and oxygen atoms in total. The smallest absolute Gasteiger partial charge is 0.194 e. The van der Waals surface area contributed by atoms with E-state index in [1.54, 1.807) is 6.07 Å². The Hall–Kier alpha value is -1.87. The Morgan fingerprint density at radius 1 is 1.00 bits per heavy atom. The third-order valence-electron chi connectivity index (χ3n) is 4.96. The summed E-state index contributed by atoms with van der Waals surface area (Å²) in [6.45, 7) is 4.87. The molecule has 7 heteroatoms. The largest absolute Gasteiger partial charge is 0.366 e. The van der Waals surface area contributed by atoms with Gasteiger partial charge in [0.1, 0.15) is 5.82 Å². The maximum Gasteiger partial charge on any atom is 0.194 e. The number of anilines is 1. The zero-order valence-electron chi connectivity index (χ0n) is 17.4. The van der Waals surface area contributed by atoms with Gasteiger partial charge in [0.05, 0.1) is 5.69 Å². The Labute approximate surface area is 190 Å². The van der Waals surface area contributed by atoms with Crippen LogP contribution in [-0.4, -0.2) is 63.1 Å². The van der Waals surface area contributed by atoms with Gasteiger partial charge in [-0.2, -0.15) is 0 Å². The normalized spacial score (nSPS) is 14.7. The molecule has 2 aromatic carbocycles. The summed E-state index contributed by atoms with van der Waals surface area (Å²) in [7, 11) is 5.96. The van der Waals surface area contributed by atoms with Crippen molar-refractivity contribution in [3.05, 3.63) is 65.5 Å². The zero-order chi connectivity index (χ0) is 19.9. The first-order valence-corrected chi connectivity index (χ1v) is 9.74. The number of piperazine rings is 1. The van der Waals surface area contributed by atoms with Crippen LogP contribution in [0, 0.1) is 5.82 Å². The maximum absolute atomic E-state index is 14.0. The molecular formula is C22H31FIN5. The monoisotopic (exact) mass is 511 g/mol. The molecule has 3 rings (SSSR count). The van der Waals surface area contributed by atoms with Gasteiger partial charge in [-0.15, -0.1) is 24.0 Å². The van der Waals surface area contributed by atoms with Crippen molar-refractivity contribution in [3.8, 4) is 0 Å². The van der Waals surface area contributed by atoms with Crippen LogP contribution in [0.3, 0.4) is 0 Å². The Balaban J connectivity index is 0.00000300. The van der Waals surface area contributed by atoms with Crippen LogP contribution in [0.1, 0.15) is 11.1 Å². The van der Waals surface area contributed by atoms with Crippen LogP contribution < -0.4 is 10.2 Å². The summed E-state index contributed by atoms with van der Waals surface area (Å²) in [5.74, 6) is 0.738. The molecule has 0 aliphatic carbocycles. The number of halogens is 2. The van der Waals surface area contributed by atoms with Gasteiger partial charge in [0.25, 0.3) is 0 Å². The second kappa shape index (κ2) is 11.3. The summed E-state index contributed by atoms with van der Waals surface area (Å²) in [6.07, 6.45) is 0. The molecule has 0 bridgehead atoms. The minimum atomic E-state index is -0.156. The standard InChI is InChI=1S/C22H30FN5.HI/c1-24-22(25-16-18-8-10-19(11-9-18)17-26(2)3)28-14-12-27(13-15-28)21-7-5-4-6-20(21)23;/h4-11H,12-17H2,1-3H3,(H,24,25);1H. The van der Waals surface area contributed by atoms with Crippen LogP contribution >= 0.6 is 24.0 Å². The van der Waals surface area contributed by atoms with Crippen molar-refractivity contribution >= 4 is 35.6 Å². The lowest BCUT2D eigenvalue weighted by molar-refractivity contribution is 0.370. The molecule has 1 fully saturated rings. The van der Waals surface area contributed by atoms with E-state index in [1.165, 1.54) is 17.2 Å². The molecule has 0 amide bonds. The van der Waals surface area contributed by atoms with E-state index in [-0.39, 0.29) is 29.8 Å². The molecule has 1 heterocycles. The fourth-order valence-electron chi connectivity index (χ4n) is 3.51. The predicted molar refractivity (Wildman–Crippen MR) is 130 cm³/mol. The van der Waals surface area contributed by atoms with Crippen molar-refractivity contribution in [2.75, 3.05) is 52.2 Å². The van der Waals surface area contributed by atoms with Crippen LogP contribution in [0.25, 0.3) is 0 Å². The van der Waals surface area contributed by atoms with Gasteiger partial charge in [0.15, 0.2) is 5.96 Å². The summed E-state index contributed by atoms with van der Waals surface area (Å²) < 4.78 is 14.0. The SMILES string of the molecule is CN=C(NCc1ccc(CN(C)C)cc1)N1CCN(c2ccccc2F)CC1.I. The maximum atomic E-state index is 14.0. The molecule has 2 aromatic rings. The average Bonchev–Trinajstić information content (AvgIpc) is 2.70. The molecule has 0 spiro atoms. The first-order valence-electron chi connectivity index (χ1n) is 9.74. The fourth-order valence-corrected chi connectivity index (χ4v) is 3.51. The number of hydrogen-bond acceptors (Lipinski definition) is 3. The molecule has 0 atom stereocenters. The fraction of sp³-hybridized carbons (Fsp3) is 0.409. The molecule has 0 saturated carbocycles. The Morgan fingerprint density at radius 2 is 1.62 bits per heavy atom. The van der Waals surface area contributed by atoms with Crippen LogP contribution in [0.4, 0.5) is 10.1 Å². The number of hydrogen-bond donors (Lipinski definition) is 1. The Morgan fingerprint density at radius 3 is 2.21 bits per heavy atom. The van der Waals surface area contributed by atoms with E-state index in [1.807, 2.05) is 19.2 Å². The number of nitrogens with one attached hydrogen (secondary N) is 1. The van der Waals surface area contributed by atoms with Crippen molar-refractivity contribution in [2.45, 2.75) is 13.1 Å². The molecular weight excluding hydrogens is 480 g/mol. The highest BCUT2D eigenvalue weighted by molar-refractivity contribution is 14.0. The number of aliphatic imine (C=N–C) groups is 1. The van der Waals surface area contributed by atoms with E-state index < -0.39 is 0 Å². The summed E-state index contributed by atoms with van der Waals surface area (Å²) in [5.41, 5.74) is 3.22. The van der Waals surface area contributed by atoms with E-state index in [2.05, 4.69) is 63.4 Å². The quantitative estimate of drug-likeness (QED) is 0.379.